The molecule has 0 spiro atoms. The zero-order valence-corrected chi connectivity index (χ0v) is 12.4. The number of nitrogens with two attached hydrogens (primary N) is 2. The molecule has 5 nitrogen and oxygen atoms in total. The van der Waals surface area contributed by atoms with Gasteiger partial charge in [-0.05, 0) is 62.5 Å². The van der Waals surface area contributed by atoms with Crippen molar-refractivity contribution < 1.29 is 9.90 Å². The van der Waals surface area contributed by atoms with E-state index in [0.717, 1.165) is 42.3 Å². The molecule has 0 aliphatic carbocycles. The Bertz CT molecular complexity index is 646. The Morgan fingerprint density at radius 2 is 1.95 bits per heavy atom. The predicted molar refractivity (Wildman–Crippen MR) is 84.7 cm³/mol. The van der Waals surface area contributed by atoms with Gasteiger partial charge in [-0.2, -0.15) is 0 Å². The van der Waals surface area contributed by atoms with Crippen LogP contribution in [0.15, 0.2) is 18.3 Å². The molecule has 21 heavy (non-hydrogen) atoms. The van der Waals surface area contributed by atoms with E-state index in [1.807, 2.05) is 6.92 Å². The quantitative estimate of drug-likeness (QED) is 0.725. The first-order valence-corrected chi connectivity index (χ1v) is 7.34. The molecule has 0 saturated carbocycles. The van der Waals surface area contributed by atoms with Crippen LogP contribution in [0.4, 0.5) is 0 Å². The lowest BCUT2D eigenvalue weighted by atomic mass is 10.0. The van der Waals surface area contributed by atoms with E-state index in [4.69, 9.17) is 11.5 Å². The molecule has 2 rings (SSSR count). The fraction of sp³-hybridized carbons (Fsp3) is 0.438. The van der Waals surface area contributed by atoms with Gasteiger partial charge in [-0.1, -0.05) is 0 Å². The Morgan fingerprint density at radius 3 is 2.57 bits per heavy atom. The molecule has 0 fully saturated rings. The number of aromatic nitrogens is 1. The molecule has 1 aromatic heterocycles. The number of fused-ring (bicyclic) bond motifs is 1. The van der Waals surface area contributed by atoms with Gasteiger partial charge >= 0.3 is 5.97 Å². The summed E-state index contributed by atoms with van der Waals surface area (Å²) in [5, 5.41) is 10.3. The number of nitrogens with zero attached hydrogens (tertiary/aromatic N) is 1. The van der Waals surface area contributed by atoms with Crippen LogP contribution in [0.5, 0.6) is 0 Å². The standard InChI is InChI=1S/C16H23N3O2/c1-11-8-13(16(20)21)9-14-12(4-2-5-17)10-19(15(11)14)7-3-6-18/h8-10H,2-7,17-18H2,1H3,(H,20,21). The smallest absolute Gasteiger partial charge is 0.335 e. The van der Waals surface area contributed by atoms with Crippen LogP contribution in [0.25, 0.3) is 10.9 Å². The summed E-state index contributed by atoms with van der Waals surface area (Å²) in [6.07, 6.45) is 4.78. The first kappa shape index (κ1) is 15.5. The highest BCUT2D eigenvalue weighted by molar-refractivity contribution is 5.96. The molecule has 0 bridgehead atoms. The average Bonchev–Trinajstić information content (AvgIpc) is 2.81. The normalized spacial score (nSPS) is 11.2. The molecule has 0 aliphatic heterocycles. The molecule has 0 radical (unpaired) electrons. The number of benzene rings is 1. The second-order valence-electron chi connectivity index (χ2n) is 5.38. The summed E-state index contributed by atoms with van der Waals surface area (Å²) in [5.74, 6) is -0.889. The van der Waals surface area contributed by atoms with Crippen molar-refractivity contribution in [2.24, 2.45) is 11.5 Å². The number of carboxylic acids is 1. The summed E-state index contributed by atoms with van der Waals surface area (Å²) >= 11 is 0. The molecule has 0 saturated heterocycles. The average molecular weight is 289 g/mol. The van der Waals surface area contributed by atoms with Gasteiger partial charge in [0.05, 0.1) is 11.1 Å². The SMILES string of the molecule is Cc1cc(C(=O)O)cc2c(CCCN)cn(CCCN)c12. The third kappa shape index (κ3) is 3.25. The van der Waals surface area contributed by atoms with Crippen molar-refractivity contribution >= 4 is 16.9 Å². The monoisotopic (exact) mass is 289 g/mol. The second kappa shape index (κ2) is 6.74. The van der Waals surface area contributed by atoms with Crippen LogP contribution in [-0.2, 0) is 13.0 Å². The number of carboxylic acid groups (broad SMARTS) is 1. The van der Waals surface area contributed by atoms with Crippen LogP contribution >= 0.6 is 0 Å². The maximum absolute atomic E-state index is 11.3. The van der Waals surface area contributed by atoms with E-state index in [2.05, 4.69) is 10.8 Å². The summed E-state index contributed by atoms with van der Waals surface area (Å²) in [5.41, 5.74) is 14.8. The van der Waals surface area contributed by atoms with Crippen LogP contribution < -0.4 is 11.5 Å². The van der Waals surface area contributed by atoms with Gasteiger partial charge in [-0.25, -0.2) is 4.79 Å². The maximum atomic E-state index is 11.3. The van der Waals surface area contributed by atoms with Crippen LogP contribution in [0.3, 0.4) is 0 Å². The number of carbonyl (C=O) groups is 1. The van der Waals surface area contributed by atoms with Crippen molar-refractivity contribution in [3.63, 3.8) is 0 Å². The van der Waals surface area contributed by atoms with Gasteiger partial charge in [-0.3, -0.25) is 0 Å². The molecule has 0 atom stereocenters. The lowest BCUT2D eigenvalue weighted by Crippen LogP contribution is -2.05. The minimum atomic E-state index is -0.889. The highest BCUT2D eigenvalue weighted by Crippen LogP contribution is 2.27. The van der Waals surface area contributed by atoms with Crippen LogP contribution in [0.2, 0.25) is 0 Å². The molecule has 0 aliphatic rings. The van der Waals surface area contributed by atoms with Crippen LogP contribution in [0, 0.1) is 6.92 Å². The first-order chi connectivity index (χ1) is 10.1. The molecule has 1 aromatic carbocycles. The fourth-order valence-corrected chi connectivity index (χ4v) is 2.78. The van der Waals surface area contributed by atoms with Crippen LogP contribution in [0.1, 0.15) is 34.3 Å². The second-order valence-corrected chi connectivity index (χ2v) is 5.38. The van der Waals surface area contributed by atoms with E-state index in [0.29, 0.717) is 18.7 Å². The van der Waals surface area contributed by atoms with Crippen molar-refractivity contribution in [3.05, 3.63) is 35.0 Å². The number of rotatable bonds is 7. The topological polar surface area (TPSA) is 94.3 Å². The molecular formula is C16H23N3O2. The van der Waals surface area contributed by atoms with E-state index in [9.17, 15) is 9.90 Å². The van der Waals surface area contributed by atoms with E-state index >= 15 is 0 Å². The zero-order valence-electron chi connectivity index (χ0n) is 12.4. The van der Waals surface area contributed by atoms with E-state index in [1.54, 1.807) is 12.1 Å². The first-order valence-electron chi connectivity index (χ1n) is 7.34. The highest BCUT2D eigenvalue weighted by atomic mass is 16.4. The molecule has 0 unspecified atom stereocenters. The third-order valence-electron chi connectivity index (χ3n) is 3.75. The molecule has 1 heterocycles. The lowest BCUT2D eigenvalue weighted by molar-refractivity contribution is 0.0697. The number of hydrogen-bond acceptors (Lipinski definition) is 3. The fourth-order valence-electron chi connectivity index (χ4n) is 2.78. The van der Waals surface area contributed by atoms with Crippen molar-refractivity contribution in [1.29, 1.82) is 0 Å². The van der Waals surface area contributed by atoms with Crippen molar-refractivity contribution in [3.8, 4) is 0 Å². The van der Waals surface area contributed by atoms with Gasteiger partial charge in [0.15, 0.2) is 0 Å². The lowest BCUT2D eigenvalue weighted by Gasteiger charge is -2.07. The summed E-state index contributed by atoms with van der Waals surface area (Å²) in [6, 6.07) is 3.51. The molecular weight excluding hydrogens is 266 g/mol. The summed E-state index contributed by atoms with van der Waals surface area (Å²) in [7, 11) is 0. The van der Waals surface area contributed by atoms with Crippen molar-refractivity contribution in [1.82, 2.24) is 4.57 Å². The Kier molecular flexibility index (Phi) is 4.98. The Balaban J connectivity index is 2.56. The maximum Gasteiger partial charge on any atom is 0.335 e. The molecule has 114 valence electrons. The Hall–Kier alpha value is -1.85. The van der Waals surface area contributed by atoms with Gasteiger partial charge in [0.25, 0.3) is 0 Å². The van der Waals surface area contributed by atoms with Gasteiger partial charge in [0, 0.05) is 18.1 Å². The largest absolute Gasteiger partial charge is 0.478 e. The van der Waals surface area contributed by atoms with Crippen molar-refractivity contribution in [2.45, 2.75) is 32.7 Å². The minimum Gasteiger partial charge on any atom is -0.478 e. The molecule has 2 aromatic rings. The van der Waals surface area contributed by atoms with Gasteiger partial charge in [-0.15, -0.1) is 0 Å². The summed E-state index contributed by atoms with van der Waals surface area (Å²) in [6.45, 7) is 4.08. The minimum absolute atomic E-state index is 0.338. The number of aromatic carboxylic acids is 1. The van der Waals surface area contributed by atoms with E-state index in [1.165, 1.54) is 5.56 Å². The predicted octanol–water partition coefficient (Wildman–Crippen LogP) is 1.89. The van der Waals surface area contributed by atoms with Crippen molar-refractivity contribution in [2.75, 3.05) is 13.1 Å². The van der Waals surface area contributed by atoms with Gasteiger partial charge < -0.3 is 21.1 Å². The van der Waals surface area contributed by atoms with E-state index in [-0.39, 0.29) is 0 Å². The number of aryl methyl sites for hydroxylation is 3. The summed E-state index contributed by atoms with van der Waals surface area (Å²) in [4.78, 5) is 11.3. The summed E-state index contributed by atoms with van der Waals surface area (Å²) < 4.78 is 2.19. The molecule has 5 heteroatoms. The van der Waals surface area contributed by atoms with E-state index < -0.39 is 5.97 Å². The zero-order chi connectivity index (χ0) is 15.4. The Labute approximate surface area is 124 Å². The van der Waals surface area contributed by atoms with Gasteiger partial charge in [0.1, 0.15) is 0 Å². The number of hydrogen-bond donors (Lipinski definition) is 3. The Morgan fingerprint density at radius 1 is 1.24 bits per heavy atom. The highest BCUT2D eigenvalue weighted by Gasteiger charge is 2.14. The molecule has 0 amide bonds. The molecule has 5 N–H and O–H groups in total. The van der Waals surface area contributed by atoms with Gasteiger partial charge in [0.2, 0.25) is 0 Å². The van der Waals surface area contributed by atoms with Crippen LogP contribution in [-0.4, -0.2) is 28.7 Å². The third-order valence-corrected chi connectivity index (χ3v) is 3.75.